The second kappa shape index (κ2) is 9.03. The van der Waals surface area contributed by atoms with Crippen molar-refractivity contribution in [1.29, 1.82) is 0 Å². The van der Waals surface area contributed by atoms with Crippen LogP contribution >= 0.6 is 15.9 Å². The van der Waals surface area contributed by atoms with Crippen molar-refractivity contribution in [1.82, 2.24) is 10.2 Å². The third kappa shape index (κ3) is 8.31. The standard InChI is InChI=1S/C17H26BrN3O3/c1-12(10-19-16(23)24-17(2,3)4)21(5)11-15(22)20-14-8-6-13(18)7-9-14/h6-9,12H,10-11H2,1-5H3,(H,19,23)(H,20,22). The molecule has 0 radical (unpaired) electrons. The SMILES string of the molecule is CC(CNC(=O)OC(C)(C)C)N(C)CC(=O)Nc1ccc(Br)cc1. The van der Waals surface area contributed by atoms with Crippen molar-refractivity contribution in [2.24, 2.45) is 0 Å². The van der Waals surface area contributed by atoms with Gasteiger partial charge in [0.15, 0.2) is 0 Å². The second-order valence-electron chi connectivity index (χ2n) is 6.70. The summed E-state index contributed by atoms with van der Waals surface area (Å²) in [7, 11) is 1.84. The fourth-order valence-electron chi connectivity index (χ4n) is 1.82. The van der Waals surface area contributed by atoms with E-state index in [1.807, 2.05) is 63.9 Å². The molecule has 1 atom stereocenters. The Balaban J connectivity index is 2.37. The molecule has 0 aliphatic carbocycles. The Morgan fingerprint density at radius 1 is 1.25 bits per heavy atom. The smallest absolute Gasteiger partial charge is 0.407 e. The molecule has 2 N–H and O–H groups in total. The number of rotatable bonds is 6. The molecule has 0 aliphatic heterocycles. The molecule has 0 saturated carbocycles. The van der Waals surface area contributed by atoms with Gasteiger partial charge in [-0.05, 0) is 59.0 Å². The van der Waals surface area contributed by atoms with Gasteiger partial charge in [0, 0.05) is 22.7 Å². The van der Waals surface area contributed by atoms with Gasteiger partial charge in [-0.2, -0.15) is 0 Å². The maximum absolute atomic E-state index is 12.1. The molecule has 1 aromatic rings. The Kier molecular flexibility index (Phi) is 7.69. The average Bonchev–Trinajstić information content (AvgIpc) is 2.45. The number of ether oxygens (including phenoxy) is 1. The van der Waals surface area contributed by atoms with E-state index in [4.69, 9.17) is 4.74 Å². The first kappa shape index (κ1) is 20.4. The highest BCUT2D eigenvalue weighted by atomic mass is 79.9. The molecule has 24 heavy (non-hydrogen) atoms. The summed E-state index contributed by atoms with van der Waals surface area (Å²) < 4.78 is 6.14. The third-order valence-corrected chi connectivity index (χ3v) is 3.74. The van der Waals surface area contributed by atoms with E-state index >= 15 is 0 Å². The second-order valence-corrected chi connectivity index (χ2v) is 7.62. The van der Waals surface area contributed by atoms with Crippen molar-refractivity contribution in [3.05, 3.63) is 28.7 Å². The number of benzene rings is 1. The zero-order chi connectivity index (χ0) is 18.3. The van der Waals surface area contributed by atoms with Gasteiger partial charge in [0.2, 0.25) is 5.91 Å². The number of nitrogens with zero attached hydrogens (tertiary/aromatic N) is 1. The molecule has 6 nitrogen and oxygen atoms in total. The summed E-state index contributed by atoms with van der Waals surface area (Å²) in [6.07, 6.45) is -0.456. The van der Waals surface area contributed by atoms with Gasteiger partial charge in [-0.1, -0.05) is 15.9 Å². The van der Waals surface area contributed by atoms with Crippen molar-refractivity contribution < 1.29 is 14.3 Å². The summed E-state index contributed by atoms with van der Waals surface area (Å²) in [5.41, 5.74) is 0.222. The lowest BCUT2D eigenvalue weighted by Crippen LogP contribution is -2.44. The normalized spacial score (nSPS) is 12.6. The lowest BCUT2D eigenvalue weighted by molar-refractivity contribution is -0.117. The van der Waals surface area contributed by atoms with Crippen LogP contribution < -0.4 is 10.6 Å². The van der Waals surface area contributed by atoms with Crippen LogP contribution in [-0.4, -0.2) is 48.7 Å². The van der Waals surface area contributed by atoms with Gasteiger partial charge >= 0.3 is 6.09 Å². The molecule has 1 rings (SSSR count). The van der Waals surface area contributed by atoms with E-state index in [0.29, 0.717) is 6.54 Å². The highest BCUT2D eigenvalue weighted by Gasteiger charge is 2.18. The molecule has 2 amide bonds. The number of hydrogen-bond donors (Lipinski definition) is 2. The summed E-state index contributed by atoms with van der Waals surface area (Å²) >= 11 is 3.35. The quantitative estimate of drug-likeness (QED) is 0.769. The number of carbonyl (C=O) groups excluding carboxylic acids is 2. The van der Waals surface area contributed by atoms with E-state index in [0.717, 1.165) is 10.2 Å². The number of likely N-dealkylation sites (N-methyl/N-ethyl adjacent to an activating group) is 1. The van der Waals surface area contributed by atoms with E-state index in [-0.39, 0.29) is 18.5 Å². The van der Waals surface area contributed by atoms with Gasteiger partial charge in [-0.3, -0.25) is 9.69 Å². The molecule has 0 bridgehead atoms. The van der Waals surface area contributed by atoms with Gasteiger partial charge in [0.1, 0.15) is 5.60 Å². The predicted octanol–water partition coefficient (Wildman–Crippen LogP) is 3.23. The van der Waals surface area contributed by atoms with Crippen LogP contribution in [0.1, 0.15) is 27.7 Å². The summed E-state index contributed by atoms with van der Waals surface area (Å²) in [5, 5.41) is 5.55. The molecule has 134 valence electrons. The van der Waals surface area contributed by atoms with Crippen LogP contribution in [0.15, 0.2) is 28.7 Å². The van der Waals surface area contributed by atoms with Crippen molar-refractivity contribution in [2.45, 2.75) is 39.3 Å². The minimum atomic E-state index is -0.524. The molecule has 0 aliphatic rings. The Hall–Kier alpha value is -1.60. The molecule has 0 saturated heterocycles. The first-order chi connectivity index (χ1) is 11.1. The number of amides is 2. The zero-order valence-electron chi connectivity index (χ0n) is 14.9. The first-order valence-electron chi connectivity index (χ1n) is 7.79. The number of nitrogens with one attached hydrogen (secondary N) is 2. The molecule has 0 spiro atoms. The number of carbonyl (C=O) groups is 2. The Morgan fingerprint density at radius 2 is 1.83 bits per heavy atom. The van der Waals surface area contributed by atoms with E-state index in [9.17, 15) is 9.59 Å². The molecule has 1 aromatic carbocycles. The van der Waals surface area contributed by atoms with Crippen molar-refractivity contribution >= 4 is 33.6 Å². The summed E-state index contributed by atoms with van der Waals surface area (Å²) in [4.78, 5) is 25.6. The molecular formula is C17H26BrN3O3. The Bertz CT molecular complexity index is 555. The van der Waals surface area contributed by atoms with E-state index in [1.165, 1.54) is 0 Å². The van der Waals surface area contributed by atoms with Gasteiger partial charge in [-0.25, -0.2) is 4.79 Å². The lowest BCUT2D eigenvalue weighted by Gasteiger charge is -2.25. The average molecular weight is 400 g/mol. The van der Waals surface area contributed by atoms with E-state index < -0.39 is 11.7 Å². The number of hydrogen-bond acceptors (Lipinski definition) is 4. The molecular weight excluding hydrogens is 374 g/mol. The minimum Gasteiger partial charge on any atom is -0.444 e. The van der Waals surface area contributed by atoms with E-state index in [1.54, 1.807) is 0 Å². The van der Waals surface area contributed by atoms with Crippen LogP contribution in [0.25, 0.3) is 0 Å². The first-order valence-corrected chi connectivity index (χ1v) is 8.58. The van der Waals surface area contributed by atoms with Crippen molar-refractivity contribution in [2.75, 3.05) is 25.5 Å². The van der Waals surface area contributed by atoms with Gasteiger partial charge in [-0.15, -0.1) is 0 Å². The Morgan fingerprint density at radius 3 is 2.38 bits per heavy atom. The topological polar surface area (TPSA) is 70.7 Å². The number of halogens is 1. The lowest BCUT2D eigenvalue weighted by atomic mass is 10.2. The van der Waals surface area contributed by atoms with Gasteiger partial charge < -0.3 is 15.4 Å². The number of anilines is 1. The van der Waals surface area contributed by atoms with Crippen LogP contribution in [0.2, 0.25) is 0 Å². The van der Waals surface area contributed by atoms with Crippen molar-refractivity contribution in [3.63, 3.8) is 0 Å². The maximum Gasteiger partial charge on any atom is 0.407 e. The van der Waals surface area contributed by atoms with Gasteiger partial charge in [0.05, 0.1) is 6.54 Å². The fourth-order valence-corrected chi connectivity index (χ4v) is 2.08. The van der Waals surface area contributed by atoms with Gasteiger partial charge in [0.25, 0.3) is 0 Å². The molecule has 7 heteroatoms. The maximum atomic E-state index is 12.1. The summed E-state index contributed by atoms with van der Waals surface area (Å²) in [5.74, 6) is -0.107. The molecule has 0 fully saturated rings. The third-order valence-electron chi connectivity index (χ3n) is 3.21. The Labute approximate surface area is 152 Å². The molecule has 0 heterocycles. The zero-order valence-corrected chi connectivity index (χ0v) is 16.4. The summed E-state index contributed by atoms with van der Waals surface area (Å²) in [6.45, 7) is 8.01. The number of alkyl carbamates (subject to hydrolysis) is 1. The van der Waals surface area contributed by atoms with Crippen LogP contribution in [-0.2, 0) is 9.53 Å². The van der Waals surface area contributed by atoms with Crippen molar-refractivity contribution in [3.8, 4) is 0 Å². The largest absolute Gasteiger partial charge is 0.444 e. The van der Waals surface area contributed by atoms with Crippen LogP contribution in [0, 0.1) is 0 Å². The molecule has 1 unspecified atom stereocenters. The molecule has 0 aromatic heterocycles. The van der Waals surface area contributed by atoms with E-state index in [2.05, 4.69) is 26.6 Å². The highest BCUT2D eigenvalue weighted by molar-refractivity contribution is 9.10. The monoisotopic (exact) mass is 399 g/mol. The predicted molar refractivity (Wildman–Crippen MR) is 99.1 cm³/mol. The van der Waals surface area contributed by atoms with Crippen LogP contribution in [0.4, 0.5) is 10.5 Å². The summed E-state index contributed by atoms with van der Waals surface area (Å²) in [6, 6.07) is 7.39. The minimum absolute atomic E-state index is 0.00631. The van der Waals surface area contributed by atoms with Crippen LogP contribution in [0.5, 0.6) is 0 Å². The van der Waals surface area contributed by atoms with Crippen LogP contribution in [0.3, 0.4) is 0 Å². The highest BCUT2D eigenvalue weighted by Crippen LogP contribution is 2.14. The fraction of sp³-hybridized carbons (Fsp3) is 0.529.